The van der Waals surface area contributed by atoms with Gasteiger partial charge in [0, 0.05) is 32.2 Å². The van der Waals surface area contributed by atoms with E-state index in [1.165, 1.54) is 23.5 Å². The van der Waals surface area contributed by atoms with E-state index in [1.54, 1.807) is 4.90 Å². The number of sulfonamides is 1. The molecule has 0 saturated carbocycles. The van der Waals surface area contributed by atoms with Crippen LogP contribution in [0.1, 0.15) is 5.56 Å². The molecule has 0 aromatic heterocycles. The molecule has 2 aliphatic heterocycles. The Labute approximate surface area is 185 Å². The fourth-order valence-corrected chi connectivity index (χ4v) is 5.46. The van der Waals surface area contributed by atoms with Crippen LogP contribution in [0.5, 0.6) is 11.5 Å². The monoisotopic (exact) mass is 461 g/mol. The van der Waals surface area contributed by atoms with E-state index < -0.39 is 20.6 Å². The lowest BCUT2D eigenvalue weighted by Gasteiger charge is -2.36. The van der Waals surface area contributed by atoms with Gasteiger partial charge in [-0.1, -0.05) is 18.2 Å². The summed E-state index contributed by atoms with van der Waals surface area (Å²) in [5, 5.41) is 11.2. The third kappa shape index (κ3) is 4.13. The number of nitro groups is 1. The Hall–Kier alpha value is -3.18. The third-order valence-corrected chi connectivity index (χ3v) is 7.66. The van der Waals surface area contributed by atoms with Crippen LogP contribution < -0.4 is 9.47 Å². The Kier molecular flexibility index (Phi) is 6.02. The van der Waals surface area contributed by atoms with Crippen molar-refractivity contribution in [2.24, 2.45) is 5.92 Å². The van der Waals surface area contributed by atoms with E-state index >= 15 is 0 Å². The van der Waals surface area contributed by atoms with Crippen molar-refractivity contribution in [3.63, 3.8) is 0 Å². The first kappa shape index (κ1) is 22.0. The van der Waals surface area contributed by atoms with Crippen molar-refractivity contribution in [1.82, 2.24) is 9.21 Å². The first-order chi connectivity index (χ1) is 15.3. The molecular formula is C21H23N3O7S. The number of hydrogen-bond acceptors (Lipinski definition) is 7. The van der Waals surface area contributed by atoms with Crippen LogP contribution >= 0.6 is 0 Å². The van der Waals surface area contributed by atoms with Gasteiger partial charge in [-0.25, -0.2) is 8.42 Å². The highest BCUT2D eigenvalue weighted by molar-refractivity contribution is 7.89. The highest BCUT2D eigenvalue weighted by Gasteiger charge is 2.35. The fourth-order valence-electron chi connectivity index (χ4n) is 4.02. The highest BCUT2D eigenvalue weighted by atomic mass is 32.2. The van der Waals surface area contributed by atoms with Crippen molar-refractivity contribution in [3.8, 4) is 11.5 Å². The summed E-state index contributed by atoms with van der Waals surface area (Å²) < 4.78 is 37.9. The van der Waals surface area contributed by atoms with Gasteiger partial charge in [0.15, 0.2) is 5.75 Å². The molecule has 170 valence electrons. The van der Waals surface area contributed by atoms with Crippen molar-refractivity contribution in [2.45, 2.75) is 11.3 Å². The molecule has 1 atom stereocenters. The number of carbonyl (C=O) groups excluding carboxylic acids is 1. The van der Waals surface area contributed by atoms with Crippen LogP contribution in [-0.4, -0.2) is 68.3 Å². The van der Waals surface area contributed by atoms with E-state index in [0.717, 1.165) is 17.4 Å². The van der Waals surface area contributed by atoms with Crippen LogP contribution in [0.25, 0.3) is 0 Å². The van der Waals surface area contributed by atoms with Gasteiger partial charge in [-0.05, 0) is 30.2 Å². The maximum atomic E-state index is 13.0. The Balaban J connectivity index is 1.43. The van der Waals surface area contributed by atoms with Gasteiger partial charge in [0.25, 0.3) is 0 Å². The summed E-state index contributed by atoms with van der Waals surface area (Å²) >= 11 is 0. The number of nitro benzene ring substituents is 1. The van der Waals surface area contributed by atoms with Gasteiger partial charge in [-0.3, -0.25) is 14.9 Å². The van der Waals surface area contributed by atoms with Gasteiger partial charge in [0.05, 0.1) is 22.8 Å². The number of para-hydroxylation sites is 1. The van der Waals surface area contributed by atoms with Crippen LogP contribution in [0.4, 0.5) is 5.69 Å². The number of ether oxygens (including phenoxy) is 2. The zero-order chi connectivity index (χ0) is 22.9. The summed E-state index contributed by atoms with van der Waals surface area (Å²) in [6.07, 6.45) is 0.586. The number of piperazine rings is 1. The molecular weight excluding hydrogens is 438 g/mol. The van der Waals surface area contributed by atoms with Crippen LogP contribution in [0.2, 0.25) is 0 Å². The predicted octanol–water partition coefficient (Wildman–Crippen LogP) is 1.69. The predicted molar refractivity (Wildman–Crippen MR) is 114 cm³/mol. The molecule has 1 fully saturated rings. The molecule has 0 N–H and O–H groups in total. The average Bonchev–Trinajstić information content (AvgIpc) is 2.82. The standard InChI is InChI=1S/C21H23N3O7S/c1-30-20-7-6-17(13-18(20)24(26)27)32(28,29)23-10-8-22(9-11-23)21(25)16-12-15-4-2-3-5-19(15)31-14-16/h2-7,13,16H,8-12,14H2,1H3. The number of methoxy groups -OCH3 is 1. The minimum absolute atomic E-state index is 0.0133. The largest absolute Gasteiger partial charge is 0.492 e. The summed E-state index contributed by atoms with van der Waals surface area (Å²) in [5.41, 5.74) is 0.569. The molecule has 10 nitrogen and oxygen atoms in total. The lowest BCUT2D eigenvalue weighted by molar-refractivity contribution is -0.386. The zero-order valence-corrected chi connectivity index (χ0v) is 18.3. The molecule has 1 saturated heterocycles. The van der Waals surface area contributed by atoms with Gasteiger partial charge in [0.1, 0.15) is 12.4 Å². The second-order valence-corrected chi connectivity index (χ2v) is 9.58. The van der Waals surface area contributed by atoms with Gasteiger partial charge < -0.3 is 14.4 Å². The maximum absolute atomic E-state index is 13.0. The molecule has 2 heterocycles. The Bertz CT molecular complexity index is 1140. The Morgan fingerprint density at radius 3 is 2.56 bits per heavy atom. The van der Waals surface area contributed by atoms with Crippen molar-refractivity contribution < 1.29 is 27.6 Å². The van der Waals surface area contributed by atoms with E-state index in [1.807, 2.05) is 24.3 Å². The molecule has 32 heavy (non-hydrogen) atoms. The molecule has 0 bridgehead atoms. The van der Waals surface area contributed by atoms with Crippen molar-refractivity contribution in [2.75, 3.05) is 39.9 Å². The number of hydrogen-bond donors (Lipinski definition) is 0. The van der Waals surface area contributed by atoms with Crippen LogP contribution in [0.15, 0.2) is 47.4 Å². The lowest BCUT2D eigenvalue weighted by Crippen LogP contribution is -2.52. The molecule has 4 rings (SSSR count). The number of nitrogens with zero attached hydrogens (tertiary/aromatic N) is 3. The SMILES string of the molecule is COc1ccc(S(=O)(=O)N2CCN(C(=O)C3COc4ccccc4C3)CC2)cc1[N+](=O)[O-]. The molecule has 0 aliphatic carbocycles. The molecule has 1 amide bonds. The highest BCUT2D eigenvalue weighted by Crippen LogP contribution is 2.31. The Morgan fingerprint density at radius 1 is 1.16 bits per heavy atom. The summed E-state index contributed by atoms with van der Waals surface area (Å²) in [4.78, 5) is 25.0. The summed E-state index contributed by atoms with van der Waals surface area (Å²) in [6, 6.07) is 11.2. The van der Waals surface area contributed by atoms with Gasteiger partial charge in [0.2, 0.25) is 15.9 Å². The summed E-state index contributed by atoms with van der Waals surface area (Å²) in [6.45, 7) is 1.00. The van der Waals surface area contributed by atoms with Gasteiger partial charge in [-0.15, -0.1) is 0 Å². The number of rotatable bonds is 5. The van der Waals surface area contributed by atoms with E-state index in [9.17, 15) is 23.3 Å². The van der Waals surface area contributed by atoms with Gasteiger partial charge in [-0.2, -0.15) is 4.31 Å². The van der Waals surface area contributed by atoms with Crippen molar-refractivity contribution >= 4 is 21.6 Å². The van der Waals surface area contributed by atoms with E-state index in [0.29, 0.717) is 13.0 Å². The minimum Gasteiger partial charge on any atom is -0.492 e. The van der Waals surface area contributed by atoms with Crippen LogP contribution in [-0.2, 0) is 21.2 Å². The molecule has 0 spiro atoms. The second kappa shape index (κ2) is 8.75. The van der Waals surface area contributed by atoms with Crippen molar-refractivity contribution in [3.05, 3.63) is 58.1 Å². The quantitative estimate of drug-likeness (QED) is 0.491. The molecule has 11 heteroatoms. The van der Waals surface area contributed by atoms with Crippen molar-refractivity contribution in [1.29, 1.82) is 0 Å². The number of benzene rings is 2. The molecule has 0 radical (unpaired) electrons. The summed E-state index contributed by atoms with van der Waals surface area (Å²) in [5.74, 6) is 0.413. The summed E-state index contributed by atoms with van der Waals surface area (Å²) in [7, 11) is -2.67. The number of carbonyl (C=O) groups is 1. The van der Waals surface area contributed by atoms with Crippen LogP contribution in [0.3, 0.4) is 0 Å². The van der Waals surface area contributed by atoms with E-state index in [4.69, 9.17) is 9.47 Å². The zero-order valence-electron chi connectivity index (χ0n) is 17.5. The fraction of sp³-hybridized carbons (Fsp3) is 0.381. The molecule has 2 aromatic rings. The first-order valence-corrected chi connectivity index (χ1v) is 11.6. The molecule has 1 unspecified atom stereocenters. The maximum Gasteiger partial charge on any atom is 0.312 e. The smallest absolute Gasteiger partial charge is 0.312 e. The lowest BCUT2D eigenvalue weighted by atomic mass is 9.95. The Morgan fingerprint density at radius 2 is 1.88 bits per heavy atom. The topological polar surface area (TPSA) is 119 Å². The van der Waals surface area contributed by atoms with Gasteiger partial charge >= 0.3 is 5.69 Å². The number of fused-ring (bicyclic) bond motifs is 1. The van der Waals surface area contributed by atoms with Crippen LogP contribution in [0, 0.1) is 16.0 Å². The first-order valence-electron chi connectivity index (χ1n) is 10.1. The normalized spacial score (nSPS) is 19.0. The van der Waals surface area contributed by atoms with E-state index in [2.05, 4.69) is 0 Å². The molecule has 2 aliphatic rings. The third-order valence-electron chi connectivity index (χ3n) is 5.76. The minimum atomic E-state index is -3.95. The molecule has 2 aromatic carbocycles. The van der Waals surface area contributed by atoms with E-state index in [-0.39, 0.29) is 48.6 Å². The second-order valence-electron chi connectivity index (χ2n) is 7.64. The average molecular weight is 461 g/mol. The number of amides is 1.